The molecule has 3 rings (SSSR count). The fraction of sp³-hybridized carbons (Fsp3) is 0.788. The van der Waals surface area contributed by atoms with Crippen LogP contribution in [0, 0.1) is 0 Å². The van der Waals surface area contributed by atoms with Gasteiger partial charge >= 0.3 is 35.8 Å². The Morgan fingerprint density at radius 1 is 0.518 bits per heavy atom. The van der Waals surface area contributed by atoms with E-state index in [1.54, 1.807) is 0 Å². The standard InChI is InChI=1S/C33H49NO22/c1-12(36)34-22-23(43)25(55-33-30(51-18(7)42)29(50-17(6)41)27(49-16(5)40)21(54-33)11-47-14(3)38)20(10-46-13(2)37)53-31(22)56-28-24(44)32(45-8)52-19(9-35)26(28)48-15(4)39/h19-33,35,43-44H,9-11H2,1-8H3,(H,34,36)/t19-,20+,21+,22+,23+,24-,25+,26-,27+,28-,29-,30+,31-,32-,33-/m1/s1. The monoisotopic (exact) mass is 811 g/mol. The number of amides is 1. The van der Waals surface area contributed by atoms with Crippen molar-refractivity contribution in [3.63, 3.8) is 0 Å². The predicted octanol–water partition coefficient (Wildman–Crippen LogP) is -3.35. The molecule has 0 radical (unpaired) electrons. The van der Waals surface area contributed by atoms with Gasteiger partial charge in [0.25, 0.3) is 0 Å². The molecule has 0 unspecified atom stereocenters. The molecule has 15 atom stereocenters. The fourth-order valence-corrected chi connectivity index (χ4v) is 6.26. The molecule has 3 fully saturated rings. The lowest BCUT2D eigenvalue weighted by Crippen LogP contribution is -2.70. The van der Waals surface area contributed by atoms with E-state index in [0.717, 1.165) is 48.5 Å². The summed E-state index contributed by atoms with van der Waals surface area (Å²) >= 11 is 0. The van der Waals surface area contributed by atoms with Crippen molar-refractivity contribution in [2.24, 2.45) is 0 Å². The number of ether oxygens (including phenoxy) is 12. The van der Waals surface area contributed by atoms with Crippen LogP contribution in [0.1, 0.15) is 48.5 Å². The molecule has 0 spiro atoms. The van der Waals surface area contributed by atoms with Crippen LogP contribution in [0.2, 0.25) is 0 Å². The first-order chi connectivity index (χ1) is 26.3. The maximum Gasteiger partial charge on any atom is 0.303 e. The first-order valence-corrected chi connectivity index (χ1v) is 17.3. The molecule has 3 saturated heterocycles. The predicted molar refractivity (Wildman–Crippen MR) is 175 cm³/mol. The van der Waals surface area contributed by atoms with Crippen molar-refractivity contribution in [2.45, 2.75) is 141 Å². The van der Waals surface area contributed by atoms with Gasteiger partial charge in [-0.3, -0.25) is 33.6 Å². The van der Waals surface area contributed by atoms with E-state index in [4.69, 9.17) is 56.8 Å². The fourth-order valence-electron chi connectivity index (χ4n) is 6.26. The first-order valence-electron chi connectivity index (χ1n) is 17.3. The molecule has 56 heavy (non-hydrogen) atoms. The second-order valence-corrected chi connectivity index (χ2v) is 12.9. The van der Waals surface area contributed by atoms with E-state index in [-0.39, 0.29) is 0 Å². The number of carbonyl (C=O) groups is 7. The largest absolute Gasteiger partial charge is 0.463 e. The molecule has 4 N–H and O–H groups in total. The van der Waals surface area contributed by atoms with Gasteiger partial charge in [0, 0.05) is 55.6 Å². The smallest absolute Gasteiger partial charge is 0.303 e. The zero-order valence-corrected chi connectivity index (χ0v) is 31.9. The van der Waals surface area contributed by atoms with Crippen molar-refractivity contribution in [2.75, 3.05) is 26.9 Å². The molecule has 23 heteroatoms. The van der Waals surface area contributed by atoms with E-state index in [2.05, 4.69) is 5.32 Å². The van der Waals surface area contributed by atoms with Gasteiger partial charge in [-0.25, -0.2) is 0 Å². The number of methoxy groups -OCH3 is 1. The van der Waals surface area contributed by atoms with Crippen LogP contribution in [0.4, 0.5) is 0 Å². The number of rotatable bonds is 15. The van der Waals surface area contributed by atoms with Gasteiger partial charge in [0.2, 0.25) is 5.91 Å². The van der Waals surface area contributed by atoms with Gasteiger partial charge in [0.1, 0.15) is 62.0 Å². The average molecular weight is 812 g/mol. The molecule has 0 aromatic carbocycles. The summed E-state index contributed by atoms with van der Waals surface area (Å²) in [7, 11) is 1.18. The first kappa shape index (κ1) is 46.3. The molecular weight excluding hydrogens is 762 g/mol. The average Bonchev–Trinajstić information content (AvgIpc) is 3.08. The number of nitrogens with one attached hydrogen (secondary N) is 1. The summed E-state index contributed by atoms with van der Waals surface area (Å²) in [6, 6.07) is -1.63. The van der Waals surface area contributed by atoms with Crippen LogP contribution in [0.25, 0.3) is 0 Å². The lowest BCUT2D eigenvalue weighted by molar-refractivity contribution is -0.367. The molecule has 3 heterocycles. The van der Waals surface area contributed by atoms with E-state index in [0.29, 0.717) is 0 Å². The second kappa shape index (κ2) is 20.9. The SMILES string of the molecule is CO[C@@H]1O[C@H](CO)[C@@H](OC(C)=O)[C@H](O[C@H]2O[C@@H](COC(C)=O)[C@H](O[C@H]3O[C@@H](COC(C)=O)[C@H](OC(C)=O)[C@@H](OC(C)=O)[C@@H]3OC(C)=O)[C@@H](O)[C@@H]2NC(C)=O)[C@H]1O. The summed E-state index contributed by atoms with van der Waals surface area (Å²) in [6.45, 7) is 5.26. The minimum atomic E-state index is -1.93. The number of carbonyl (C=O) groups excluding carboxylic acids is 7. The van der Waals surface area contributed by atoms with Crippen LogP contribution in [0.3, 0.4) is 0 Å². The Bertz CT molecular complexity index is 1410. The third-order valence-corrected chi connectivity index (χ3v) is 8.35. The van der Waals surface area contributed by atoms with Gasteiger partial charge in [-0.05, 0) is 0 Å². The number of aliphatic hydroxyl groups is 3. The van der Waals surface area contributed by atoms with Gasteiger partial charge < -0.3 is 77.5 Å². The van der Waals surface area contributed by atoms with E-state index in [1.165, 1.54) is 7.11 Å². The van der Waals surface area contributed by atoms with Gasteiger partial charge in [0.15, 0.2) is 43.3 Å². The lowest BCUT2D eigenvalue weighted by atomic mass is 9.94. The van der Waals surface area contributed by atoms with Crippen molar-refractivity contribution >= 4 is 41.7 Å². The third-order valence-electron chi connectivity index (χ3n) is 8.35. The summed E-state index contributed by atoms with van der Waals surface area (Å²) < 4.78 is 66.9. The van der Waals surface area contributed by atoms with Crippen molar-refractivity contribution in [1.29, 1.82) is 0 Å². The van der Waals surface area contributed by atoms with Crippen LogP contribution in [0.15, 0.2) is 0 Å². The molecule has 0 aromatic rings. The maximum atomic E-state index is 12.5. The topological polar surface area (TPSA) is 303 Å². The highest BCUT2D eigenvalue weighted by Gasteiger charge is 2.57. The van der Waals surface area contributed by atoms with Crippen LogP contribution in [0.5, 0.6) is 0 Å². The molecule has 0 aliphatic carbocycles. The van der Waals surface area contributed by atoms with Crippen LogP contribution < -0.4 is 5.32 Å². The lowest BCUT2D eigenvalue weighted by Gasteiger charge is -2.50. The molecule has 3 aliphatic heterocycles. The van der Waals surface area contributed by atoms with Crippen LogP contribution in [-0.2, 0) is 90.4 Å². The Hall–Kier alpha value is -4.07. The van der Waals surface area contributed by atoms with Gasteiger partial charge in [0.05, 0.1) is 6.61 Å². The van der Waals surface area contributed by atoms with Gasteiger partial charge in [-0.1, -0.05) is 0 Å². The summed E-state index contributed by atoms with van der Waals surface area (Å²) in [5, 5.41) is 35.6. The Kier molecular flexibility index (Phi) is 17.3. The van der Waals surface area contributed by atoms with E-state index in [9.17, 15) is 48.9 Å². The maximum absolute atomic E-state index is 12.5. The van der Waals surface area contributed by atoms with Crippen molar-refractivity contribution in [3.05, 3.63) is 0 Å². The highest BCUT2D eigenvalue weighted by molar-refractivity contribution is 5.73. The summed E-state index contributed by atoms with van der Waals surface area (Å²) in [5.41, 5.74) is 0. The van der Waals surface area contributed by atoms with Crippen molar-refractivity contribution in [1.82, 2.24) is 5.32 Å². The normalized spacial score (nSPS) is 35.6. The van der Waals surface area contributed by atoms with Crippen molar-refractivity contribution in [3.8, 4) is 0 Å². The Labute approximate surface area is 320 Å². The molecule has 3 aliphatic rings. The molecule has 318 valence electrons. The molecule has 23 nitrogen and oxygen atoms in total. The summed E-state index contributed by atoms with van der Waals surface area (Å²) in [6.07, 6.45) is -22.9. The molecule has 0 saturated carbocycles. The highest BCUT2D eigenvalue weighted by Crippen LogP contribution is 2.35. The van der Waals surface area contributed by atoms with E-state index < -0.39 is 154 Å². The summed E-state index contributed by atoms with van der Waals surface area (Å²) in [4.78, 5) is 85.2. The minimum Gasteiger partial charge on any atom is -0.463 e. The number of hydrogen-bond donors (Lipinski definition) is 4. The van der Waals surface area contributed by atoms with Gasteiger partial charge in [-0.2, -0.15) is 0 Å². The zero-order chi connectivity index (χ0) is 42.0. The van der Waals surface area contributed by atoms with E-state index in [1.807, 2.05) is 0 Å². The molecule has 0 aromatic heterocycles. The minimum absolute atomic E-state index is 0.614. The number of hydrogen-bond acceptors (Lipinski definition) is 22. The second-order valence-electron chi connectivity index (χ2n) is 12.9. The molecular formula is C33H49NO22. The third kappa shape index (κ3) is 12.5. The zero-order valence-electron chi connectivity index (χ0n) is 31.9. The number of esters is 6. The van der Waals surface area contributed by atoms with Crippen LogP contribution >= 0.6 is 0 Å². The molecule has 1 amide bonds. The van der Waals surface area contributed by atoms with Crippen molar-refractivity contribution < 1.29 is 106 Å². The Morgan fingerprint density at radius 2 is 0.946 bits per heavy atom. The summed E-state index contributed by atoms with van der Waals surface area (Å²) in [5.74, 6) is -5.99. The Morgan fingerprint density at radius 3 is 1.41 bits per heavy atom. The molecule has 0 bridgehead atoms. The Balaban J connectivity index is 2.12. The quantitative estimate of drug-likeness (QED) is 0.0928. The van der Waals surface area contributed by atoms with E-state index >= 15 is 0 Å². The van der Waals surface area contributed by atoms with Crippen LogP contribution in [-0.4, -0.2) is 176 Å². The van der Waals surface area contributed by atoms with Gasteiger partial charge in [-0.15, -0.1) is 0 Å². The highest BCUT2D eigenvalue weighted by atomic mass is 16.8. The number of aliphatic hydroxyl groups excluding tert-OH is 3.